The molecule has 1 aliphatic carbocycles. The maximum atomic E-state index is 12.7. The standard InChI is InChI=1S/C14H20ClNO2S/c1-2-10-6-7-13(16)14(8-10)19(17,18)12-5-3-4-11(15)9-12/h3-5,9-10,13-14H,2,6-8,16H2,1H3. The number of halogens is 1. The zero-order valence-electron chi connectivity index (χ0n) is 11.0. The maximum absolute atomic E-state index is 12.7. The summed E-state index contributed by atoms with van der Waals surface area (Å²) in [6, 6.07) is 6.19. The van der Waals surface area contributed by atoms with Gasteiger partial charge in [-0.1, -0.05) is 31.0 Å². The molecule has 1 saturated carbocycles. The molecule has 3 unspecified atom stereocenters. The van der Waals surface area contributed by atoms with E-state index in [1.165, 1.54) is 6.07 Å². The number of sulfone groups is 1. The van der Waals surface area contributed by atoms with E-state index in [9.17, 15) is 8.42 Å². The summed E-state index contributed by atoms with van der Waals surface area (Å²) in [7, 11) is -3.39. The molecule has 0 aliphatic heterocycles. The summed E-state index contributed by atoms with van der Waals surface area (Å²) >= 11 is 5.89. The van der Waals surface area contributed by atoms with Gasteiger partial charge in [-0.2, -0.15) is 0 Å². The molecule has 1 aliphatic rings. The highest BCUT2D eigenvalue weighted by Crippen LogP contribution is 2.33. The van der Waals surface area contributed by atoms with Gasteiger partial charge in [-0.25, -0.2) is 8.42 Å². The van der Waals surface area contributed by atoms with Crippen molar-refractivity contribution in [3.63, 3.8) is 0 Å². The molecule has 5 heteroatoms. The van der Waals surface area contributed by atoms with Crippen molar-refractivity contribution in [1.82, 2.24) is 0 Å². The lowest BCUT2D eigenvalue weighted by atomic mass is 9.84. The van der Waals surface area contributed by atoms with Crippen molar-refractivity contribution in [3.8, 4) is 0 Å². The molecule has 2 N–H and O–H groups in total. The van der Waals surface area contributed by atoms with Gasteiger partial charge in [0.25, 0.3) is 0 Å². The molecule has 0 spiro atoms. The van der Waals surface area contributed by atoms with Gasteiger partial charge < -0.3 is 5.73 Å². The van der Waals surface area contributed by atoms with Crippen LogP contribution in [0, 0.1) is 5.92 Å². The highest BCUT2D eigenvalue weighted by molar-refractivity contribution is 7.92. The maximum Gasteiger partial charge on any atom is 0.182 e. The predicted molar refractivity (Wildman–Crippen MR) is 78.0 cm³/mol. The number of benzene rings is 1. The summed E-state index contributed by atoms with van der Waals surface area (Å²) < 4.78 is 25.3. The third-order valence-corrected chi connectivity index (χ3v) is 6.54. The Kier molecular flexibility index (Phi) is 4.54. The number of rotatable bonds is 3. The average Bonchev–Trinajstić information content (AvgIpc) is 2.39. The van der Waals surface area contributed by atoms with Crippen LogP contribution in [-0.4, -0.2) is 19.7 Å². The molecule has 1 aromatic carbocycles. The van der Waals surface area contributed by atoms with E-state index in [1.807, 2.05) is 0 Å². The van der Waals surface area contributed by atoms with Gasteiger partial charge in [0.15, 0.2) is 9.84 Å². The zero-order valence-corrected chi connectivity index (χ0v) is 12.6. The fourth-order valence-corrected chi connectivity index (χ4v) is 5.07. The monoisotopic (exact) mass is 301 g/mol. The largest absolute Gasteiger partial charge is 0.327 e. The molecule has 2 rings (SSSR count). The van der Waals surface area contributed by atoms with E-state index >= 15 is 0 Å². The van der Waals surface area contributed by atoms with E-state index < -0.39 is 15.1 Å². The van der Waals surface area contributed by atoms with E-state index in [-0.39, 0.29) is 10.9 Å². The van der Waals surface area contributed by atoms with Crippen LogP contribution in [0.4, 0.5) is 0 Å². The molecule has 0 saturated heterocycles. The quantitative estimate of drug-likeness (QED) is 0.933. The predicted octanol–water partition coefficient (Wildman–Crippen LogP) is 3.02. The summed E-state index contributed by atoms with van der Waals surface area (Å²) in [6.45, 7) is 2.10. The Morgan fingerprint density at radius 1 is 1.37 bits per heavy atom. The van der Waals surface area contributed by atoms with Crippen LogP contribution in [0.5, 0.6) is 0 Å². The van der Waals surface area contributed by atoms with Crippen LogP contribution < -0.4 is 5.73 Å². The van der Waals surface area contributed by atoms with Gasteiger partial charge in [-0.05, 0) is 43.4 Å². The lowest BCUT2D eigenvalue weighted by Crippen LogP contribution is -2.45. The second-order valence-corrected chi connectivity index (χ2v) is 7.90. The molecule has 1 fully saturated rings. The van der Waals surface area contributed by atoms with Gasteiger partial charge in [0.2, 0.25) is 0 Å². The minimum Gasteiger partial charge on any atom is -0.327 e. The average molecular weight is 302 g/mol. The molecule has 1 aromatic rings. The number of nitrogens with two attached hydrogens (primary N) is 1. The Morgan fingerprint density at radius 3 is 2.74 bits per heavy atom. The second-order valence-electron chi connectivity index (χ2n) is 5.29. The molecule has 3 nitrogen and oxygen atoms in total. The highest BCUT2D eigenvalue weighted by Gasteiger charge is 2.37. The van der Waals surface area contributed by atoms with Crippen molar-refractivity contribution in [1.29, 1.82) is 0 Å². The molecule has 0 bridgehead atoms. The van der Waals surface area contributed by atoms with Crippen LogP contribution in [-0.2, 0) is 9.84 Å². The lowest BCUT2D eigenvalue weighted by Gasteiger charge is -2.33. The molecule has 0 aromatic heterocycles. The fraction of sp³-hybridized carbons (Fsp3) is 0.571. The van der Waals surface area contributed by atoms with Crippen molar-refractivity contribution >= 4 is 21.4 Å². The van der Waals surface area contributed by atoms with Gasteiger partial charge >= 0.3 is 0 Å². The first-order valence-corrected chi connectivity index (χ1v) is 8.62. The Bertz CT molecular complexity index is 544. The van der Waals surface area contributed by atoms with E-state index in [2.05, 4.69) is 6.92 Å². The van der Waals surface area contributed by atoms with Crippen LogP contribution in [0.25, 0.3) is 0 Å². The Balaban J connectivity index is 2.32. The molecule has 106 valence electrons. The van der Waals surface area contributed by atoms with Crippen molar-refractivity contribution in [2.75, 3.05) is 0 Å². The van der Waals surface area contributed by atoms with Crippen LogP contribution >= 0.6 is 11.6 Å². The van der Waals surface area contributed by atoms with E-state index in [0.29, 0.717) is 17.4 Å². The summed E-state index contributed by atoms with van der Waals surface area (Å²) in [5.74, 6) is 0.457. The van der Waals surface area contributed by atoms with E-state index in [1.54, 1.807) is 18.2 Å². The molecule has 0 heterocycles. The van der Waals surface area contributed by atoms with Crippen LogP contribution in [0.15, 0.2) is 29.2 Å². The normalized spacial score (nSPS) is 28.3. The topological polar surface area (TPSA) is 60.2 Å². The third kappa shape index (κ3) is 3.12. The van der Waals surface area contributed by atoms with Gasteiger partial charge in [-0.15, -0.1) is 0 Å². The minimum atomic E-state index is -3.39. The molecular weight excluding hydrogens is 282 g/mol. The van der Waals surface area contributed by atoms with Gasteiger partial charge in [0.1, 0.15) is 0 Å². The molecule has 19 heavy (non-hydrogen) atoms. The minimum absolute atomic E-state index is 0.271. The first-order valence-electron chi connectivity index (χ1n) is 6.70. The van der Waals surface area contributed by atoms with Crippen molar-refractivity contribution in [3.05, 3.63) is 29.3 Å². The fourth-order valence-electron chi connectivity index (χ4n) is 2.78. The second kappa shape index (κ2) is 5.81. The smallest absolute Gasteiger partial charge is 0.182 e. The van der Waals surface area contributed by atoms with Crippen LogP contribution in [0.2, 0.25) is 5.02 Å². The summed E-state index contributed by atoms with van der Waals surface area (Å²) in [4.78, 5) is 0.289. The third-order valence-electron chi connectivity index (χ3n) is 4.05. The van der Waals surface area contributed by atoms with E-state index in [0.717, 1.165) is 19.3 Å². The lowest BCUT2D eigenvalue weighted by molar-refractivity contribution is 0.319. The van der Waals surface area contributed by atoms with Gasteiger partial charge in [0, 0.05) is 11.1 Å². The van der Waals surface area contributed by atoms with Gasteiger partial charge in [-0.3, -0.25) is 0 Å². The summed E-state index contributed by atoms with van der Waals surface area (Å²) in [5.41, 5.74) is 6.05. The van der Waals surface area contributed by atoms with E-state index in [4.69, 9.17) is 17.3 Å². The first kappa shape index (κ1) is 14.8. The van der Waals surface area contributed by atoms with Crippen molar-refractivity contribution < 1.29 is 8.42 Å². The van der Waals surface area contributed by atoms with Crippen LogP contribution in [0.1, 0.15) is 32.6 Å². The SMILES string of the molecule is CCC1CCC(N)C(S(=O)(=O)c2cccc(Cl)c2)C1. The summed E-state index contributed by atoms with van der Waals surface area (Å²) in [5, 5.41) is -0.0397. The molecule has 0 radical (unpaired) electrons. The number of hydrogen-bond acceptors (Lipinski definition) is 3. The Hall–Kier alpha value is -0.580. The zero-order chi connectivity index (χ0) is 14.0. The Morgan fingerprint density at radius 2 is 2.11 bits per heavy atom. The Labute approximate surface area is 120 Å². The van der Waals surface area contributed by atoms with Crippen molar-refractivity contribution in [2.24, 2.45) is 11.7 Å². The first-order chi connectivity index (χ1) is 8.95. The van der Waals surface area contributed by atoms with Crippen molar-refractivity contribution in [2.45, 2.75) is 48.8 Å². The van der Waals surface area contributed by atoms with Gasteiger partial charge in [0.05, 0.1) is 10.1 Å². The molecular formula is C14H20ClNO2S. The molecule has 0 amide bonds. The highest BCUT2D eigenvalue weighted by atomic mass is 35.5. The molecule has 3 atom stereocenters. The number of hydrogen-bond donors (Lipinski definition) is 1. The summed E-state index contributed by atoms with van der Waals surface area (Å²) in [6.07, 6.45) is 3.48. The van der Waals surface area contributed by atoms with Crippen LogP contribution in [0.3, 0.4) is 0 Å².